The molecule has 0 saturated heterocycles. The van der Waals surface area contributed by atoms with Crippen LogP contribution in [0.5, 0.6) is 0 Å². The second-order valence-corrected chi connectivity index (χ2v) is 11.6. The molecule has 0 aliphatic heterocycles. The fraction of sp³-hybridized carbons (Fsp3) is 0.867. The molecule has 1 rings (SSSR count). The van der Waals surface area contributed by atoms with Gasteiger partial charge >= 0.3 is 0 Å². The van der Waals surface area contributed by atoms with Gasteiger partial charge in [-0.05, 0) is 19.3 Å². The Balaban J connectivity index is 2.65. The third kappa shape index (κ3) is 5.87. The normalized spacial score (nSPS) is 25.6. The third-order valence-electron chi connectivity index (χ3n) is 3.77. The molecule has 0 heterocycles. The molecular formula is C15H30OSi. The van der Waals surface area contributed by atoms with Crippen molar-refractivity contribution in [1.82, 2.24) is 0 Å². The molecule has 0 amide bonds. The molecule has 1 atom stereocenters. The van der Waals surface area contributed by atoms with Crippen LogP contribution in [0.4, 0.5) is 0 Å². The predicted octanol–water partition coefficient (Wildman–Crippen LogP) is 4.68. The largest absolute Gasteiger partial charge is 0.389 e. The molecule has 0 fully saturated rings. The van der Waals surface area contributed by atoms with Crippen LogP contribution >= 0.6 is 0 Å². The van der Waals surface area contributed by atoms with Gasteiger partial charge in [0.2, 0.25) is 0 Å². The molecule has 0 aromatic heterocycles. The first-order valence-electron chi connectivity index (χ1n) is 7.40. The fourth-order valence-electron chi connectivity index (χ4n) is 2.72. The summed E-state index contributed by atoms with van der Waals surface area (Å²) >= 11 is 0. The van der Waals surface area contributed by atoms with Gasteiger partial charge in [-0.15, -0.1) is 0 Å². The summed E-state index contributed by atoms with van der Waals surface area (Å²) in [5.41, 5.74) is 0. The maximum atomic E-state index is 10.4. The Kier molecular flexibility index (Phi) is 6.50. The SMILES string of the molecule is C[Si](C)(C)C1=CCCCCCCCCC[C@H]1O. The molecule has 100 valence electrons. The summed E-state index contributed by atoms with van der Waals surface area (Å²) in [4.78, 5) is 0. The fourth-order valence-corrected chi connectivity index (χ4v) is 4.62. The Morgan fingerprint density at radius 1 is 0.941 bits per heavy atom. The van der Waals surface area contributed by atoms with Crippen LogP contribution in [0, 0.1) is 0 Å². The van der Waals surface area contributed by atoms with Crippen LogP contribution in [0.1, 0.15) is 57.8 Å². The lowest BCUT2D eigenvalue weighted by Crippen LogP contribution is -2.32. The van der Waals surface area contributed by atoms with Crippen LogP contribution < -0.4 is 0 Å². The van der Waals surface area contributed by atoms with Crippen molar-refractivity contribution in [3.05, 3.63) is 11.3 Å². The molecular weight excluding hydrogens is 224 g/mol. The van der Waals surface area contributed by atoms with Crippen molar-refractivity contribution in [2.24, 2.45) is 0 Å². The van der Waals surface area contributed by atoms with E-state index in [1.54, 1.807) is 0 Å². The van der Waals surface area contributed by atoms with Crippen molar-refractivity contribution in [1.29, 1.82) is 0 Å². The van der Waals surface area contributed by atoms with Crippen LogP contribution in [-0.2, 0) is 0 Å². The Morgan fingerprint density at radius 3 is 2.06 bits per heavy atom. The van der Waals surface area contributed by atoms with Gasteiger partial charge in [-0.25, -0.2) is 0 Å². The number of aliphatic hydroxyl groups excluding tert-OH is 1. The maximum absolute atomic E-state index is 10.4. The molecule has 0 spiro atoms. The first kappa shape index (κ1) is 15.0. The zero-order valence-electron chi connectivity index (χ0n) is 12.0. The summed E-state index contributed by atoms with van der Waals surface area (Å²) in [5, 5.41) is 11.8. The van der Waals surface area contributed by atoms with Gasteiger partial charge in [0, 0.05) is 0 Å². The molecule has 1 aliphatic rings. The van der Waals surface area contributed by atoms with Gasteiger partial charge in [-0.2, -0.15) is 0 Å². The average molecular weight is 254 g/mol. The summed E-state index contributed by atoms with van der Waals surface area (Å²) in [6, 6.07) is 0. The van der Waals surface area contributed by atoms with Crippen LogP contribution in [0.3, 0.4) is 0 Å². The molecule has 17 heavy (non-hydrogen) atoms. The summed E-state index contributed by atoms with van der Waals surface area (Å²) in [6.07, 6.45) is 13.7. The molecule has 0 unspecified atom stereocenters. The van der Waals surface area contributed by atoms with Gasteiger partial charge in [0.1, 0.15) is 0 Å². The van der Waals surface area contributed by atoms with Crippen molar-refractivity contribution < 1.29 is 5.11 Å². The van der Waals surface area contributed by atoms with Crippen molar-refractivity contribution in [3.8, 4) is 0 Å². The summed E-state index contributed by atoms with van der Waals surface area (Å²) in [6.45, 7) is 7.07. The lowest BCUT2D eigenvalue weighted by molar-refractivity contribution is 0.201. The first-order chi connectivity index (χ1) is 8.02. The Hall–Kier alpha value is -0.0831. The summed E-state index contributed by atoms with van der Waals surface area (Å²) in [7, 11) is -1.33. The zero-order valence-corrected chi connectivity index (χ0v) is 13.0. The summed E-state index contributed by atoms with van der Waals surface area (Å²) < 4.78 is 0. The van der Waals surface area contributed by atoms with E-state index in [9.17, 15) is 5.11 Å². The number of allylic oxidation sites excluding steroid dienone is 1. The van der Waals surface area contributed by atoms with E-state index in [1.807, 2.05) is 0 Å². The highest BCUT2D eigenvalue weighted by molar-refractivity contribution is 6.83. The van der Waals surface area contributed by atoms with Crippen LogP contribution in [0.15, 0.2) is 11.3 Å². The number of aliphatic hydroxyl groups is 1. The van der Waals surface area contributed by atoms with E-state index < -0.39 is 8.07 Å². The monoisotopic (exact) mass is 254 g/mol. The molecule has 2 heteroatoms. The van der Waals surface area contributed by atoms with Crippen LogP contribution in [0.2, 0.25) is 19.6 Å². The molecule has 0 saturated carbocycles. The lowest BCUT2D eigenvalue weighted by Gasteiger charge is -2.26. The third-order valence-corrected chi connectivity index (χ3v) is 6.04. The molecule has 0 aromatic rings. The van der Waals surface area contributed by atoms with Gasteiger partial charge in [0.25, 0.3) is 0 Å². The Bertz CT molecular complexity index is 240. The standard InChI is InChI=1S/C15H30OSi/c1-17(2,3)15-13-11-9-7-5-4-6-8-10-12-14(15)16/h13-14,16H,4-12H2,1-3H3/t14-/m1/s1. The summed E-state index contributed by atoms with van der Waals surface area (Å²) in [5.74, 6) is 0. The molecule has 1 nitrogen and oxygen atoms in total. The minimum atomic E-state index is -1.33. The van der Waals surface area contributed by atoms with Gasteiger partial charge in [0.15, 0.2) is 0 Å². The first-order valence-corrected chi connectivity index (χ1v) is 10.9. The number of rotatable bonds is 1. The van der Waals surface area contributed by atoms with E-state index >= 15 is 0 Å². The quantitative estimate of drug-likeness (QED) is 0.674. The second kappa shape index (κ2) is 7.37. The Labute approximate surface area is 108 Å². The zero-order chi connectivity index (χ0) is 12.7. The topological polar surface area (TPSA) is 20.2 Å². The van der Waals surface area contributed by atoms with Crippen molar-refractivity contribution >= 4 is 8.07 Å². The molecule has 1 aliphatic carbocycles. The van der Waals surface area contributed by atoms with E-state index in [1.165, 1.54) is 56.6 Å². The van der Waals surface area contributed by atoms with Gasteiger partial charge in [-0.3, -0.25) is 0 Å². The number of hydrogen-bond acceptors (Lipinski definition) is 1. The molecule has 1 N–H and O–H groups in total. The van der Waals surface area contributed by atoms with Gasteiger partial charge in [-0.1, -0.05) is 69.4 Å². The highest BCUT2D eigenvalue weighted by Gasteiger charge is 2.25. The minimum Gasteiger partial charge on any atom is -0.389 e. The van der Waals surface area contributed by atoms with E-state index in [4.69, 9.17) is 0 Å². The Morgan fingerprint density at radius 2 is 1.47 bits per heavy atom. The van der Waals surface area contributed by atoms with Crippen LogP contribution in [-0.4, -0.2) is 19.3 Å². The van der Waals surface area contributed by atoms with E-state index in [0.717, 1.165) is 6.42 Å². The minimum absolute atomic E-state index is 0.152. The van der Waals surface area contributed by atoms with Crippen molar-refractivity contribution in [3.63, 3.8) is 0 Å². The molecule has 0 bridgehead atoms. The number of hydrogen-bond donors (Lipinski definition) is 1. The van der Waals surface area contributed by atoms with Crippen molar-refractivity contribution in [2.45, 2.75) is 83.5 Å². The van der Waals surface area contributed by atoms with Crippen molar-refractivity contribution in [2.75, 3.05) is 0 Å². The lowest BCUT2D eigenvalue weighted by atomic mass is 10.0. The maximum Gasteiger partial charge on any atom is 0.0753 e. The van der Waals surface area contributed by atoms with Gasteiger partial charge in [0.05, 0.1) is 14.2 Å². The van der Waals surface area contributed by atoms with Crippen LogP contribution in [0.25, 0.3) is 0 Å². The average Bonchev–Trinajstić information content (AvgIpc) is 2.21. The molecule has 0 aromatic carbocycles. The second-order valence-electron chi connectivity index (χ2n) is 6.48. The highest BCUT2D eigenvalue weighted by atomic mass is 28.3. The van der Waals surface area contributed by atoms with Gasteiger partial charge < -0.3 is 5.11 Å². The predicted molar refractivity (Wildman–Crippen MR) is 79.0 cm³/mol. The molecule has 0 radical (unpaired) electrons. The highest BCUT2D eigenvalue weighted by Crippen LogP contribution is 2.24. The van der Waals surface area contributed by atoms with E-state index in [0.29, 0.717) is 0 Å². The van der Waals surface area contributed by atoms with E-state index in [-0.39, 0.29) is 6.10 Å². The van der Waals surface area contributed by atoms with E-state index in [2.05, 4.69) is 25.7 Å². The smallest absolute Gasteiger partial charge is 0.0753 e.